The van der Waals surface area contributed by atoms with Crippen molar-refractivity contribution in [2.24, 2.45) is 0 Å². The molecule has 2 aromatic rings. The summed E-state index contributed by atoms with van der Waals surface area (Å²) < 4.78 is 28.8. The van der Waals surface area contributed by atoms with E-state index in [1.165, 1.54) is 18.5 Å². The summed E-state index contributed by atoms with van der Waals surface area (Å²) in [7, 11) is 0. The zero-order valence-corrected chi connectivity index (χ0v) is 17.7. The number of hydrogen-bond donors (Lipinski definition) is 2. The van der Waals surface area contributed by atoms with Gasteiger partial charge in [-0.15, -0.1) is 0 Å². The number of urea groups is 1. The van der Waals surface area contributed by atoms with Gasteiger partial charge in [0.1, 0.15) is 18.0 Å². The number of rotatable bonds is 6. The van der Waals surface area contributed by atoms with Gasteiger partial charge in [0.15, 0.2) is 0 Å². The highest BCUT2D eigenvalue weighted by Crippen LogP contribution is 2.41. The SMILES string of the molecule is O=C(NCc1cc(F)c(C2CC2)cc1F)N(C1CC1)[C@@H]1CCCN(c2ncnc(=O)[nH]2)C1. The third-order valence-electron chi connectivity index (χ3n) is 6.45. The number of anilines is 1. The van der Waals surface area contributed by atoms with Crippen molar-refractivity contribution >= 4 is 12.0 Å². The number of amides is 2. The van der Waals surface area contributed by atoms with Crippen molar-refractivity contribution in [1.29, 1.82) is 0 Å². The van der Waals surface area contributed by atoms with Gasteiger partial charge in [0.05, 0.1) is 6.04 Å². The first-order valence-corrected chi connectivity index (χ1v) is 11.2. The van der Waals surface area contributed by atoms with Crippen molar-refractivity contribution in [3.63, 3.8) is 0 Å². The number of aromatic nitrogens is 3. The van der Waals surface area contributed by atoms with Crippen molar-refractivity contribution in [2.45, 2.75) is 63.1 Å². The zero-order valence-electron chi connectivity index (χ0n) is 17.7. The van der Waals surface area contributed by atoms with E-state index in [0.29, 0.717) is 18.1 Å². The van der Waals surface area contributed by atoms with E-state index in [-0.39, 0.29) is 36.1 Å². The first-order chi connectivity index (χ1) is 15.5. The Morgan fingerprint density at radius 2 is 1.94 bits per heavy atom. The molecule has 1 aromatic carbocycles. The Balaban J connectivity index is 1.26. The van der Waals surface area contributed by atoms with E-state index in [4.69, 9.17) is 0 Å². The molecule has 0 spiro atoms. The number of piperidine rings is 1. The molecule has 5 rings (SSSR count). The average Bonchev–Trinajstić information content (AvgIpc) is 3.68. The van der Waals surface area contributed by atoms with Gasteiger partial charge < -0.3 is 15.1 Å². The average molecular weight is 444 g/mol. The summed E-state index contributed by atoms with van der Waals surface area (Å²) in [5, 5.41) is 2.79. The lowest BCUT2D eigenvalue weighted by Crippen LogP contribution is -2.54. The van der Waals surface area contributed by atoms with Gasteiger partial charge in [-0.2, -0.15) is 4.98 Å². The second-order valence-electron chi connectivity index (χ2n) is 8.91. The minimum Gasteiger partial charge on any atom is -0.340 e. The molecule has 2 saturated carbocycles. The lowest BCUT2D eigenvalue weighted by Gasteiger charge is -2.39. The van der Waals surface area contributed by atoms with Crippen LogP contribution in [-0.4, -0.2) is 51.1 Å². The Kier molecular flexibility index (Phi) is 5.52. The fourth-order valence-electron chi connectivity index (χ4n) is 4.52. The minimum atomic E-state index is -0.483. The number of nitrogens with zero attached hydrogens (tertiary/aromatic N) is 4. The van der Waals surface area contributed by atoms with Crippen LogP contribution in [0.5, 0.6) is 0 Å². The summed E-state index contributed by atoms with van der Waals surface area (Å²) in [5.41, 5.74) is 0.123. The maximum Gasteiger partial charge on any atom is 0.349 e. The van der Waals surface area contributed by atoms with Crippen molar-refractivity contribution in [3.05, 3.63) is 51.7 Å². The Labute approximate surface area is 184 Å². The van der Waals surface area contributed by atoms with Crippen molar-refractivity contribution < 1.29 is 13.6 Å². The van der Waals surface area contributed by atoms with Gasteiger partial charge in [0.2, 0.25) is 5.95 Å². The number of nitrogens with one attached hydrogen (secondary N) is 2. The fourth-order valence-corrected chi connectivity index (χ4v) is 4.52. The Morgan fingerprint density at radius 1 is 1.12 bits per heavy atom. The smallest absolute Gasteiger partial charge is 0.340 e. The van der Waals surface area contributed by atoms with Gasteiger partial charge in [-0.3, -0.25) is 4.98 Å². The molecule has 0 unspecified atom stereocenters. The molecule has 1 aromatic heterocycles. The fraction of sp³-hybridized carbons (Fsp3) is 0.545. The summed E-state index contributed by atoms with van der Waals surface area (Å²) in [6.07, 6.45) is 6.53. The number of carbonyl (C=O) groups is 1. The van der Waals surface area contributed by atoms with Gasteiger partial charge in [-0.1, -0.05) is 0 Å². The third kappa shape index (κ3) is 4.44. The number of halogens is 2. The van der Waals surface area contributed by atoms with Crippen LogP contribution in [0.3, 0.4) is 0 Å². The van der Waals surface area contributed by atoms with Crippen LogP contribution in [0, 0.1) is 11.6 Å². The van der Waals surface area contributed by atoms with Crippen LogP contribution < -0.4 is 15.9 Å². The Hall–Kier alpha value is -3.04. The third-order valence-corrected chi connectivity index (χ3v) is 6.45. The van der Waals surface area contributed by atoms with Crippen molar-refractivity contribution in [2.75, 3.05) is 18.0 Å². The van der Waals surface area contributed by atoms with Gasteiger partial charge in [0.25, 0.3) is 0 Å². The summed E-state index contributed by atoms with van der Waals surface area (Å²) in [6, 6.07) is 2.28. The van der Waals surface area contributed by atoms with Gasteiger partial charge in [-0.05, 0) is 62.1 Å². The van der Waals surface area contributed by atoms with E-state index in [1.54, 1.807) is 0 Å². The molecule has 170 valence electrons. The lowest BCUT2D eigenvalue weighted by atomic mass is 10.0. The maximum atomic E-state index is 14.5. The van der Waals surface area contributed by atoms with Crippen LogP contribution in [-0.2, 0) is 6.54 Å². The summed E-state index contributed by atoms with van der Waals surface area (Å²) >= 11 is 0. The number of benzene rings is 1. The van der Waals surface area contributed by atoms with Gasteiger partial charge >= 0.3 is 11.7 Å². The minimum absolute atomic E-state index is 0.0615. The molecule has 0 bridgehead atoms. The molecule has 3 fully saturated rings. The molecule has 1 atom stereocenters. The lowest BCUT2D eigenvalue weighted by molar-refractivity contribution is 0.160. The van der Waals surface area contributed by atoms with E-state index in [1.807, 2.05) is 9.80 Å². The van der Waals surface area contributed by atoms with Crippen molar-refractivity contribution in [3.8, 4) is 0 Å². The Morgan fingerprint density at radius 3 is 2.66 bits per heavy atom. The molecule has 0 radical (unpaired) electrons. The van der Waals surface area contributed by atoms with E-state index in [9.17, 15) is 18.4 Å². The van der Waals surface area contributed by atoms with Crippen LogP contribution in [0.25, 0.3) is 0 Å². The van der Waals surface area contributed by atoms with Crippen LogP contribution in [0.2, 0.25) is 0 Å². The molecular formula is C22H26F2N6O2. The summed E-state index contributed by atoms with van der Waals surface area (Å²) in [5.74, 6) is -0.321. The molecule has 2 heterocycles. The van der Waals surface area contributed by atoms with Gasteiger partial charge in [-0.25, -0.2) is 23.4 Å². The predicted octanol–water partition coefficient (Wildman–Crippen LogP) is 2.66. The normalized spacial score (nSPS) is 20.8. The van der Waals surface area contributed by atoms with Gasteiger partial charge in [0, 0.05) is 31.2 Å². The van der Waals surface area contributed by atoms with Crippen LogP contribution in [0.15, 0.2) is 23.3 Å². The van der Waals surface area contributed by atoms with Crippen LogP contribution in [0.1, 0.15) is 55.6 Å². The largest absolute Gasteiger partial charge is 0.349 e. The number of hydrogen-bond acceptors (Lipinski definition) is 5. The Bertz CT molecular complexity index is 1070. The van der Waals surface area contributed by atoms with E-state index >= 15 is 0 Å². The first kappa shape index (κ1) is 20.8. The second kappa shape index (κ2) is 8.48. The molecule has 1 saturated heterocycles. The monoisotopic (exact) mass is 444 g/mol. The molecule has 8 nitrogen and oxygen atoms in total. The van der Waals surface area contributed by atoms with E-state index < -0.39 is 17.3 Å². The van der Waals surface area contributed by atoms with Crippen LogP contribution >= 0.6 is 0 Å². The molecular weight excluding hydrogens is 418 g/mol. The molecule has 2 amide bonds. The number of aromatic amines is 1. The predicted molar refractivity (Wildman–Crippen MR) is 113 cm³/mol. The quantitative estimate of drug-likeness (QED) is 0.715. The standard InChI is InChI=1S/C22H26F2N6O2/c23-18-9-17(13-3-4-13)19(24)8-14(18)10-25-22(32)30(15-5-6-15)16-2-1-7-29(11-16)20-26-12-27-21(31)28-20/h8-9,12-13,15-16H,1-7,10-11H2,(H,25,32)(H,26,27,28,31)/t16-/m1/s1. The molecule has 2 N–H and O–H groups in total. The van der Waals surface area contributed by atoms with E-state index in [2.05, 4.69) is 20.3 Å². The maximum absolute atomic E-state index is 14.5. The molecule has 32 heavy (non-hydrogen) atoms. The highest BCUT2D eigenvalue weighted by atomic mass is 19.1. The molecule has 3 aliphatic rings. The molecule has 10 heteroatoms. The summed E-state index contributed by atoms with van der Waals surface area (Å²) in [6.45, 7) is 1.20. The molecule has 1 aliphatic heterocycles. The number of H-pyrrole nitrogens is 1. The van der Waals surface area contributed by atoms with Crippen molar-refractivity contribution in [1.82, 2.24) is 25.2 Å². The topological polar surface area (TPSA) is 94.2 Å². The van der Waals surface area contributed by atoms with E-state index in [0.717, 1.165) is 45.1 Å². The molecule has 2 aliphatic carbocycles. The zero-order chi connectivity index (χ0) is 22.2. The van der Waals surface area contributed by atoms with Crippen LogP contribution in [0.4, 0.5) is 19.5 Å². The highest BCUT2D eigenvalue weighted by Gasteiger charge is 2.39. The second-order valence-corrected chi connectivity index (χ2v) is 8.91. The summed E-state index contributed by atoms with van der Waals surface area (Å²) in [4.78, 5) is 38.7. The first-order valence-electron chi connectivity index (χ1n) is 11.2. The number of carbonyl (C=O) groups excluding carboxylic acids is 1. The highest BCUT2D eigenvalue weighted by molar-refractivity contribution is 5.75.